The number of carboxylic acid groups (broad SMARTS) is 1. The lowest BCUT2D eigenvalue weighted by molar-refractivity contribution is 0.0696. The number of carbonyl (C=O) groups is 1. The third kappa shape index (κ3) is 4.13. The van der Waals surface area contributed by atoms with E-state index < -0.39 is 46.8 Å². The van der Waals surface area contributed by atoms with Crippen molar-refractivity contribution >= 4 is 37.5 Å². The number of anilines is 1. The summed E-state index contributed by atoms with van der Waals surface area (Å²) in [5.74, 6) is -1.84. The molecular formula is C30H30N2O9S2. The molecule has 11 nitrogen and oxygen atoms in total. The Morgan fingerprint density at radius 3 is 2.05 bits per heavy atom. The summed E-state index contributed by atoms with van der Waals surface area (Å²) in [4.78, 5) is 15.0. The summed E-state index contributed by atoms with van der Waals surface area (Å²) in [6.45, 7) is 11.3. The summed E-state index contributed by atoms with van der Waals surface area (Å²) in [5, 5.41) is 12.9. The minimum atomic E-state index is -4.99. The zero-order valence-corrected chi connectivity index (χ0v) is 25.8. The normalized spacial score (nSPS) is 21.1. The van der Waals surface area contributed by atoms with E-state index in [-0.39, 0.29) is 51.0 Å². The summed E-state index contributed by atoms with van der Waals surface area (Å²) < 4.78 is 79.3. The number of ether oxygens (including phenoxy) is 1. The summed E-state index contributed by atoms with van der Waals surface area (Å²) in [6, 6.07) is 8.65. The van der Waals surface area contributed by atoms with Crippen LogP contribution >= 0.6 is 0 Å². The zero-order valence-electron chi connectivity index (χ0n) is 24.2. The van der Waals surface area contributed by atoms with E-state index in [2.05, 4.69) is 10.3 Å². The molecule has 3 aliphatic rings. The van der Waals surface area contributed by atoms with Gasteiger partial charge in [-0.05, 0) is 54.8 Å². The number of nitrogens with one attached hydrogen (secondary N) is 1. The molecule has 4 N–H and O–H groups in total. The number of fused-ring (bicyclic) bond motifs is 4. The molecule has 0 saturated heterocycles. The molecule has 0 spiro atoms. The molecule has 3 aromatic carbocycles. The summed E-state index contributed by atoms with van der Waals surface area (Å²) in [5.41, 5.74) is 0.991. The van der Waals surface area contributed by atoms with Crippen LogP contribution in [0.25, 0.3) is 5.57 Å². The second kappa shape index (κ2) is 8.88. The molecule has 226 valence electrons. The van der Waals surface area contributed by atoms with E-state index >= 15 is 0 Å². The molecule has 0 radical (unpaired) electrons. The van der Waals surface area contributed by atoms with Gasteiger partial charge in [0.1, 0.15) is 0 Å². The van der Waals surface area contributed by atoms with Crippen LogP contribution in [0.4, 0.5) is 5.69 Å². The first-order chi connectivity index (χ1) is 19.8. The molecule has 6 rings (SSSR count). The van der Waals surface area contributed by atoms with Gasteiger partial charge >= 0.3 is 5.97 Å². The van der Waals surface area contributed by atoms with Gasteiger partial charge in [-0.3, -0.25) is 14.1 Å². The standard InChI is InChI=1S/C30H30N2O9S2/c1-13-29(3,4)19-11-17-21(15-7-9-16(10-8-15)28(33)34)18-12-20-23(32-14(2)30(20,5)6)27(43(38,39)40)25(18)41-24(17)26(22(19)31-13)42(35,36)37/h7-14,31H,1-6H3,(H,33,34)(H,35,36,37)(H,38,39,40). The van der Waals surface area contributed by atoms with E-state index in [1.807, 2.05) is 41.5 Å². The maximum absolute atomic E-state index is 13.0. The van der Waals surface area contributed by atoms with Gasteiger partial charge in [-0.25, -0.2) is 4.79 Å². The molecule has 2 atom stereocenters. The lowest BCUT2D eigenvalue weighted by Crippen LogP contribution is -2.33. The smallest absolute Gasteiger partial charge is 0.335 e. The van der Waals surface area contributed by atoms with Gasteiger partial charge in [-0.1, -0.05) is 39.8 Å². The first-order valence-corrected chi connectivity index (χ1v) is 16.4. The summed E-state index contributed by atoms with van der Waals surface area (Å²) >= 11 is 0. The lowest BCUT2D eigenvalue weighted by Gasteiger charge is -2.29. The fourth-order valence-corrected chi connectivity index (χ4v) is 7.75. The third-order valence-corrected chi connectivity index (χ3v) is 11.1. The minimum absolute atomic E-state index is 0.00456. The van der Waals surface area contributed by atoms with E-state index in [4.69, 9.17) is 4.74 Å². The van der Waals surface area contributed by atoms with Crippen molar-refractivity contribution in [1.29, 1.82) is 0 Å². The average molecular weight is 627 g/mol. The fraction of sp³-hybridized carbons (Fsp3) is 0.333. The number of hydrogen-bond donors (Lipinski definition) is 4. The molecule has 0 saturated carbocycles. The van der Waals surface area contributed by atoms with Crippen LogP contribution in [0.15, 0.2) is 51.2 Å². The highest BCUT2D eigenvalue weighted by Crippen LogP contribution is 2.52. The number of benzene rings is 3. The number of aromatic carboxylic acids is 1. The van der Waals surface area contributed by atoms with Crippen LogP contribution in [0.1, 0.15) is 74.2 Å². The topological polar surface area (TPSA) is 180 Å². The Labute approximate surface area is 248 Å². The highest BCUT2D eigenvalue weighted by Gasteiger charge is 2.45. The number of nitrogens with zero attached hydrogens (tertiary/aromatic N) is 1. The quantitative estimate of drug-likeness (QED) is 0.244. The van der Waals surface area contributed by atoms with E-state index in [1.54, 1.807) is 12.1 Å². The van der Waals surface area contributed by atoms with Crippen molar-refractivity contribution in [2.75, 3.05) is 5.32 Å². The maximum atomic E-state index is 13.0. The van der Waals surface area contributed by atoms with Crippen LogP contribution < -0.4 is 20.6 Å². The van der Waals surface area contributed by atoms with Gasteiger partial charge in [0, 0.05) is 33.2 Å². The van der Waals surface area contributed by atoms with Crippen molar-refractivity contribution in [3.05, 3.63) is 74.8 Å². The van der Waals surface area contributed by atoms with Gasteiger partial charge in [0.25, 0.3) is 20.2 Å². The van der Waals surface area contributed by atoms with Crippen LogP contribution in [-0.2, 0) is 31.1 Å². The van der Waals surface area contributed by atoms with E-state index in [0.717, 1.165) is 0 Å². The predicted molar refractivity (Wildman–Crippen MR) is 157 cm³/mol. The second-order valence-electron chi connectivity index (χ2n) is 12.4. The van der Waals surface area contributed by atoms with Crippen molar-refractivity contribution in [2.24, 2.45) is 4.99 Å². The van der Waals surface area contributed by atoms with Crippen molar-refractivity contribution in [1.82, 2.24) is 0 Å². The zero-order chi connectivity index (χ0) is 31.6. The molecule has 0 amide bonds. The van der Waals surface area contributed by atoms with Gasteiger partial charge < -0.3 is 15.2 Å². The van der Waals surface area contributed by atoms with E-state index in [9.17, 15) is 35.8 Å². The average Bonchev–Trinajstić information content (AvgIpc) is 3.24. The van der Waals surface area contributed by atoms with Gasteiger partial charge in [0.2, 0.25) is 0 Å². The van der Waals surface area contributed by atoms with E-state index in [0.29, 0.717) is 22.3 Å². The number of hydrogen-bond acceptors (Lipinski definition) is 8. The Kier molecular flexibility index (Phi) is 6.05. The van der Waals surface area contributed by atoms with Crippen LogP contribution in [0.5, 0.6) is 11.5 Å². The van der Waals surface area contributed by atoms with Crippen LogP contribution in [0.2, 0.25) is 0 Å². The molecule has 3 heterocycles. The fourth-order valence-electron chi connectivity index (χ4n) is 6.15. The van der Waals surface area contributed by atoms with Gasteiger partial charge in [0.05, 0.1) is 22.6 Å². The van der Waals surface area contributed by atoms with Crippen molar-refractivity contribution < 1.29 is 40.6 Å². The van der Waals surface area contributed by atoms with Crippen LogP contribution in [-0.4, -0.2) is 49.1 Å². The first kappa shape index (κ1) is 29.3. The summed E-state index contributed by atoms with van der Waals surface area (Å²) in [7, 11) is -9.96. The van der Waals surface area contributed by atoms with Crippen molar-refractivity contribution in [3.8, 4) is 11.5 Å². The Morgan fingerprint density at radius 2 is 1.49 bits per heavy atom. The Bertz CT molecular complexity index is 2130. The predicted octanol–water partition coefficient (Wildman–Crippen LogP) is 3.62. The monoisotopic (exact) mass is 626 g/mol. The Hall–Kier alpha value is -3.78. The minimum Gasteiger partial charge on any atom is -0.478 e. The Morgan fingerprint density at radius 1 is 0.884 bits per heavy atom. The molecular weight excluding hydrogens is 596 g/mol. The molecule has 0 bridgehead atoms. The van der Waals surface area contributed by atoms with Gasteiger partial charge in [-0.15, -0.1) is 0 Å². The molecule has 0 fully saturated rings. The molecule has 13 heteroatoms. The summed E-state index contributed by atoms with van der Waals surface area (Å²) in [6.07, 6.45) is 0. The van der Waals surface area contributed by atoms with Crippen molar-refractivity contribution in [3.63, 3.8) is 0 Å². The molecule has 43 heavy (non-hydrogen) atoms. The SMILES string of the molecule is CC1N=c2c(cc3c(c2S(=O)(=O)O)Oc2c(cc4c(c2S(=O)(=O)O)NC(C)C4(C)C)C=3c2ccc(C(=O)O)cc2)C1(C)C. The molecule has 3 aliphatic heterocycles. The maximum Gasteiger partial charge on any atom is 0.335 e. The largest absolute Gasteiger partial charge is 0.478 e. The highest BCUT2D eigenvalue weighted by atomic mass is 32.2. The molecule has 2 unspecified atom stereocenters. The van der Waals surface area contributed by atoms with Gasteiger partial charge in [0.15, 0.2) is 21.3 Å². The Balaban J connectivity index is 1.88. The first-order valence-electron chi connectivity index (χ1n) is 13.5. The lowest BCUT2D eigenvalue weighted by atomic mass is 9.78. The van der Waals surface area contributed by atoms with E-state index in [1.165, 1.54) is 24.3 Å². The third-order valence-electron chi connectivity index (χ3n) is 9.32. The van der Waals surface area contributed by atoms with Crippen LogP contribution in [0.3, 0.4) is 0 Å². The number of rotatable bonds is 4. The molecule has 0 aromatic heterocycles. The second-order valence-corrected chi connectivity index (χ2v) is 15.1. The van der Waals surface area contributed by atoms with Crippen LogP contribution in [0, 0.1) is 0 Å². The molecule has 3 aromatic rings. The van der Waals surface area contributed by atoms with Gasteiger partial charge in [-0.2, -0.15) is 16.8 Å². The van der Waals surface area contributed by atoms with Crippen molar-refractivity contribution in [2.45, 2.75) is 74.2 Å². The highest BCUT2D eigenvalue weighted by molar-refractivity contribution is 7.86. The molecule has 0 aliphatic carbocycles. The number of carboxylic acids is 1.